The number of halogens is 4. The molecule has 1 heterocycles. The van der Waals surface area contributed by atoms with Crippen molar-refractivity contribution in [2.24, 2.45) is 0 Å². The number of hydrogen-bond donors (Lipinski definition) is 2. The van der Waals surface area contributed by atoms with Crippen LogP contribution in [-0.4, -0.2) is 44.6 Å². The van der Waals surface area contributed by atoms with E-state index in [9.17, 15) is 35.6 Å². The van der Waals surface area contributed by atoms with Crippen LogP contribution in [0.1, 0.15) is 15.9 Å². The molecule has 4 aromatic carbocycles. The van der Waals surface area contributed by atoms with Gasteiger partial charge in [-0.15, -0.1) is 0 Å². The van der Waals surface area contributed by atoms with Crippen LogP contribution in [0, 0.1) is 23.3 Å². The van der Waals surface area contributed by atoms with Gasteiger partial charge >= 0.3 is 5.97 Å². The molecule has 5 rings (SSSR count). The van der Waals surface area contributed by atoms with Crippen molar-refractivity contribution in [2.45, 2.75) is 17.4 Å². The highest BCUT2D eigenvalue weighted by atomic mass is 32.2. The lowest BCUT2D eigenvalue weighted by Gasteiger charge is -2.26. The van der Waals surface area contributed by atoms with Gasteiger partial charge in [0, 0.05) is 30.2 Å². The summed E-state index contributed by atoms with van der Waals surface area (Å²) in [5.41, 5.74) is 0.193. The van der Waals surface area contributed by atoms with Gasteiger partial charge in [0.1, 0.15) is 47.2 Å². The maximum Gasteiger partial charge on any atom is 0.341 e. The number of carbonyl (C=O) groups is 2. The zero-order valence-corrected chi connectivity index (χ0v) is 22.9. The van der Waals surface area contributed by atoms with E-state index < -0.39 is 56.8 Å². The van der Waals surface area contributed by atoms with Crippen LogP contribution in [0.5, 0.6) is 5.75 Å². The number of benzene rings is 4. The van der Waals surface area contributed by atoms with Crippen LogP contribution in [0.4, 0.5) is 23.2 Å². The van der Waals surface area contributed by atoms with Crippen LogP contribution >= 0.6 is 0 Å². The molecular weight excluding hydrogens is 592 g/mol. The van der Waals surface area contributed by atoms with Gasteiger partial charge in [-0.1, -0.05) is 30.3 Å². The van der Waals surface area contributed by atoms with E-state index in [2.05, 4.69) is 5.32 Å². The van der Waals surface area contributed by atoms with Gasteiger partial charge in [0.05, 0.1) is 17.1 Å². The lowest BCUT2D eigenvalue weighted by atomic mass is 10.1. The minimum Gasteiger partial charge on any atom is -0.492 e. The summed E-state index contributed by atoms with van der Waals surface area (Å²) in [6.45, 7) is -0.424. The Kier molecular flexibility index (Phi) is 8.09. The summed E-state index contributed by atoms with van der Waals surface area (Å²) >= 11 is 0. The molecule has 222 valence electrons. The van der Waals surface area contributed by atoms with Crippen LogP contribution in [0.2, 0.25) is 0 Å². The molecule has 43 heavy (non-hydrogen) atoms. The number of para-hydroxylation sites is 1. The fraction of sp³-hybridized carbons (Fsp3) is 0.133. The number of nitrogens with zero attached hydrogens (tertiary/aromatic N) is 1. The summed E-state index contributed by atoms with van der Waals surface area (Å²) in [7, 11) is -4.30. The van der Waals surface area contributed by atoms with E-state index >= 15 is 0 Å². The first-order chi connectivity index (χ1) is 20.5. The number of fused-ring (bicyclic) bond motifs is 1. The van der Waals surface area contributed by atoms with E-state index in [1.54, 1.807) is 24.3 Å². The third kappa shape index (κ3) is 5.89. The highest BCUT2D eigenvalue weighted by molar-refractivity contribution is 7.93. The molecule has 2 N–H and O–H groups in total. The number of rotatable bonds is 9. The largest absolute Gasteiger partial charge is 0.492 e. The molecule has 1 amide bonds. The van der Waals surface area contributed by atoms with Crippen molar-refractivity contribution in [1.29, 1.82) is 0 Å². The summed E-state index contributed by atoms with van der Waals surface area (Å²) in [5, 5.41) is 11.4. The zero-order valence-electron chi connectivity index (χ0n) is 22.1. The van der Waals surface area contributed by atoms with Gasteiger partial charge < -0.3 is 15.2 Å². The van der Waals surface area contributed by atoms with E-state index in [1.807, 2.05) is 0 Å². The molecule has 0 aromatic heterocycles. The van der Waals surface area contributed by atoms with Gasteiger partial charge in [0.2, 0.25) is 5.91 Å². The highest BCUT2D eigenvalue weighted by Gasteiger charge is 2.42. The second kappa shape index (κ2) is 11.8. The fourth-order valence-electron chi connectivity index (χ4n) is 4.80. The number of sulfonamides is 1. The average molecular weight is 615 g/mol. The maximum atomic E-state index is 14.3. The molecule has 0 saturated carbocycles. The summed E-state index contributed by atoms with van der Waals surface area (Å²) in [5.74, 6) is -6.94. The molecular formula is C30H22F4N2O6S. The van der Waals surface area contributed by atoms with Gasteiger partial charge in [-0.25, -0.2) is 30.8 Å². The first-order valence-corrected chi connectivity index (χ1v) is 14.2. The van der Waals surface area contributed by atoms with E-state index in [1.165, 1.54) is 30.3 Å². The summed E-state index contributed by atoms with van der Waals surface area (Å²) < 4.78 is 89.2. The maximum absolute atomic E-state index is 14.3. The number of anilines is 1. The highest BCUT2D eigenvalue weighted by Crippen LogP contribution is 2.37. The predicted octanol–water partition coefficient (Wildman–Crippen LogP) is 4.92. The summed E-state index contributed by atoms with van der Waals surface area (Å²) in [6.07, 6.45) is 0.0635. The second-order valence-corrected chi connectivity index (χ2v) is 11.3. The molecule has 1 atom stereocenters. The predicted molar refractivity (Wildman–Crippen MR) is 147 cm³/mol. The number of hydrogen-bond acceptors (Lipinski definition) is 5. The van der Waals surface area contributed by atoms with Gasteiger partial charge in [0.15, 0.2) is 0 Å². The topological polar surface area (TPSA) is 113 Å². The van der Waals surface area contributed by atoms with Crippen molar-refractivity contribution in [2.75, 3.05) is 17.5 Å². The minimum absolute atomic E-state index is 0.0635. The number of ether oxygens (including phenoxy) is 1. The molecule has 0 spiro atoms. The van der Waals surface area contributed by atoms with Crippen LogP contribution in [0.3, 0.4) is 0 Å². The molecule has 8 nitrogen and oxygen atoms in total. The number of carboxylic acid groups (broad SMARTS) is 1. The monoisotopic (exact) mass is 614 g/mol. The standard InChI is InChI=1S/C30H22F4N2O6S/c31-19-7-10-22(23(32)14-19)17-5-8-21(9-6-17)43(40,41)36-26-4-2-1-3-18(26)13-27(36)29(37)35-11-12-42-20-15-24(33)28(30(38)39)25(34)16-20/h1-10,14-16,27H,11-13H2,(H,35,37)(H,38,39)/t27-/m0/s1. The first kappa shape index (κ1) is 29.6. The molecule has 0 saturated heterocycles. The van der Waals surface area contributed by atoms with E-state index in [4.69, 9.17) is 9.84 Å². The number of carbonyl (C=O) groups excluding carboxylic acids is 1. The van der Waals surface area contributed by atoms with Gasteiger partial charge in [0.25, 0.3) is 10.0 Å². The Bertz CT molecular complexity index is 1810. The van der Waals surface area contributed by atoms with E-state index in [0.717, 1.165) is 16.4 Å². The molecule has 1 aliphatic heterocycles. The third-order valence-electron chi connectivity index (χ3n) is 6.78. The van der Waals surface area contributed by atoms with Crippen molar-refractivity contribution >= 4 is 27.6 Å². The van der Waals surface area contributed by atoms with Crippen LogP contribution < -0.4 is 14.4 Å². The zero-order chi connectivity index (χ0) is 30.9. The number of aromatic carboxylic acids is 1. The van der Waals surface area contributed by atoms with Crippen molar-refractivity contribution in [3.8, 4) is 16.9 Å². The smallest absolute Gasteiger partial charge is 0.341 e. The Morgan fingerprint density at radius 3 is 2.23 bits per heavy atom. The van der Waals surface area contributed by atoms with Crippen molar-refractivity contribution < 1.29 is 45.4 Å². The molecule has 0 fully saturated rings. The van der Waals surface area contributed by atoms with Gasteiger partial charge in [-0.3, -0.25) is 9.10 Å². The molecule has 0 bridgehead atoms. The van der Waals surface area contributed by atoms with Gasteiger partial charge in [-0.05, 0) is 41.5 Å². The third-order valence-corrected chi connectivity index (χ3v) is 8.62. The van der Waals surface area contributed by atoms with Crippen molar-refractivity contribution in [3.05, 3.63) is 113 Å². The molecule has 0 radical (unpaired) electrons. The lowest BCUT2D eigenvalue weighted by Crippen LogP contribution is -2.48. The van der Waals surface area contributed by atoms with Crippen molar-refractivity contribution in [3.63, 3.8) is 0 Å². The number of carboxylic acids is 1. The Hall–Kier alpha value is -4.91. The Balaban J connectivity index is 1.32. The van der Waals surface area contributed by atoms with E-state index in [0.29, 0.717) is 28.9 Å². The Morgan fingerprint density at radius 2 is 1.58 bits per heavy atom. The fourth-order valence-corrected chi connectivity index (χ4v) is 6.45. The molecule has 1 aliphatic rings. The van der Waals surface area contributed by atoms with Gasteiger partial charge in [-0.2, -0.15) is 0 Å². The molecule has 0 aliphatic carbocycles. The molecule has 13 heteroatoms. The molecule has 4 aromatic rings. The van der Waals surface area contributed by atoms with Crippen LogP contribution in [-0.2, 0) is 21.2 Å². The Morgan fingerprint density at radius 1 is 0.907 bits per heavy atom. The van der Waals surface area contributed by atoms with Crippen LogP contribution in [0.15, 0.2) is 83.8 Å². The van der Waals surface area contributed by atoms with Crippen molar-refractivity contribution in [1.82, 2.24) is 5.32 Å². The average Bonchev–Trinajstić information content (AvgIpc) is 3.36. The normalized spacial score (nSPS) is 14.3. The summed E-state index contributed by atoms with van der Waals surface area (Å²) in [4.78, 5) is 24.0. The number of amides is 1. The minimum atomic E-state index is -4.30. The summed E-state index contributed by atoms with van der Waals surface area (Å²) in [6, 6.07) is 15.2. The first-order valence-electron chi connectivity index (χ1n) is 12.8. The molecule has 0 unspecified atom stereocenters. The lowest BCUT2D eigenvalue weighted by molar-refractivity contribution is -0.122. The quantitative estimate of drug-likeness (QED) is 0.204. The SMILES string of the molecule is O=C(O)c1c(F)cc(OCCNC(=O)[C@@H]2Cc3ccccc3N2S(=O)(=O)c2ccc(-c3ccc(F)cc3F)cc2)cc1F. The van der Waals surface area contributed by atoms with E-state index in [-0.39, 0.29) is 35.8 Å². The van der Waals surface area contributed by atoms with Crippen LogP contribution in [0.25, 0.3) is 11.1 Å². The Labute approximate surface area is 243 Å². The second-order valence-electron chi connectivity index (χ2n) is 9.50. The number of nitrogens with one attached hydrogen (secondary N) is 1.